The van der Waals surface area contributed by atoms with Crippen molar-refractivity contribution in [3.63, 3.8) is 0 Å². The highest BCUT2D eigenvalue weighted by atomic mass is 16.5. The summed E-state index contributed by atoms with van der Waals surface area (Å²) < 4.78 is 16.5. The second-order valence-corrected chi connectivity index (χ2v) is 17.9. The molecule has 0 heterocycles. The lowest BCUT2D eigenvalue weighted by atomic mass is 9.76. The molecule has 260 valence electrons. The van der Waals surface area contributed by atoms with Crippen LogP contribution in [-0.4, -0.2) is 38.1 Å². The normalized spacial score (nSPS) is 17.8. The van der Waals surface area contributed by atoms with Gasteiger partial charge in [0.2, 0.25) is 0 Å². The molecule has 0 aromatic carbocycles. The average molecular weight is 603 g/mol. The molecule has 0 N–H and O–H groups in total. The standard InChI is InChI=1S/C11H24O.C10H22O.C9H20O.C9H20/c1-8(2)12-10(4)9(3)11(5,6)7;1-7-11-9(3)8(2)10(4,5)6;1-7(8(2)10-6)9(3,4)5;1-7(2)8(3)9(4,5)6/h8-10H,1-7H3;8-9H,7H2,1-6H3;7-8H,1-6H3;7-8H,1-6H3/t9-,10-;8-,9+;7-,8+;8-/m0000/s1. The predicted octanol–water partition coefficient (Wildman–Crippen LogP) is 12.6. The minimum atomic E-state index is 0.338. The molecule has 0 aromatic rings. The third kappa shape index (κ3) is 25.2. The maximum absolute atomic E-state index is 5.74. The Bertz CT molecular complexity index is 610. The second kappa shape index (κ2) is 21.6. The number of rotatable bonds is 9. The van der Waals surface area contributed by atoms with E-state index in [0.717, 1.165) is 18.4 Å². The number of hydrogen-bond acceptors (Lipinski definition) is 3. The molecule has 7 atom stereocenters. The first-order valence-electron chi connectivity index (χ1n) is 17.2. The molecule has 0 amide bonds. The smallest absolute Gasteiger partial charge is 0.0580 e. The summed E-state index contributed by atoms with van der Waals surface area (Å²) in [6.45, 7) is 54.3. The highest BCUT2D eigenvalue weighted by Crippen LogP contribution is 2.32. The molecule has 0 aliphatic heterocycles. The molecule has 0 bridgehead atoms. The molecule has 0 aliphatic carbocycles. The van der Waals surface area contributed by atoms with E-state index >= 15 is 0 Å². The van der Waals surface area contributed by atoms with E-state index in [1.165, 1.54) is 0 Å². The zero-order valence-corrected chi connectivity index (χ0v) is 34.1. The number of methoxy groups -OCH3 is 1. The van der Waals surface area contributed by atoms with Crippen LogP contribution in [0, 0.1) is 51.2 Å². The van der Waals surface area contributed by atoms with Crippen LogP contribution in [0.5, 0.6) is 0 Å². The Labute approximate surface area is 269 Å². The molecule has 0 saturated heterocycles. The zero-order valence-electron chi connectivity index (χ0n) is 34.1. The average Bonchev–Trinajstić information content (AvgIpc) is 2.80. The Hall–Kier alpha value is -0.120. The van der Waals surface area contributed by atoms with Gasteiger partial charge in [-0.1, -0.05) is 125 Å². The highest BCUT2D eigenvalue weighted by Gasteiger charge is 2.27. The molecule has 0 aromatic heterocycles. The summed E-state index contributed by atoms with van der Waals surface area (Å²) in [5, 5.41) is 0. The summed E-state index contributed by atoms with van der Waals surface area (Å²) in [5.41, 5.74) is 1.53. The molecular formula is C39H86O3. The maximum Gasteiger partial charge on any atom is 0.0580 e. The van der Waals surface area contributed by atoms with Gasteiger partial charge in [0.15, 0.2) is 0 Å². The Kier molecular flexibility index (Phi) is 25.1. The van der Waals surface area contributed by atoms with Crippen molar-refractivity contribution in [3.8, 4) is 0 Å². The summed E-state index contributed by atoms with van der Waals surface area (Å²) in [7, 11) is 1.77. The van der Waals surface area contributed by atoms with Gasteiger partial charge in [-0.3, -0.25) is 0 Å². The minimum Gasteiger partial charge on any atom is -0.381 e. The molecule has 3 heteroatoms. The first-order chi connectivity index (χ1) is 18.4. The van der Waals surface area contributed by atoms with Crippen LogP contribution in [0.4, 0.5) is 0 Å². The molecule has 0 radical (unpaired) electrons. The second-order valence-electron chi connectivity index (χ2n) is 17.9. The molecule has 0 unspecified atom stereocenters. The Morgan fingerprint density at radius 2 is 0.714 bits per heavy atom. The molecule has 0 rings (SSSR count). The first kappa shape index (κ1) is 48.8. The lowest BCUT2D eigenvalue weighted by Crippen LogP contribution is -2.31. The summed E-state index contributed by atoms with van der Waals surface area (Å²) in [5.74, 6) is 3.45. The van der Waals surface area contributed by atoms with Gasteiger partial charge in [0.25, 0.3) is 0 Å². The van der Waals surface area contributed by atoms with Gasteiger partial charge >= 0.3 is 0 Å². The summed E-state index contributed by atoms with van der Waals surface area (Å²) >= 11 is 0. The van der Waals surface area contributed by atoms with Gasteiger partial charge in [-0.15, -0.1) is 0 Å². The van der Waals surface area contributed by atoms with Crippen LogP contribution in [-0.2, 0) is 14.2 Å². The van der Waals surface area contributed by atoms with Crippen LogP contribution in [0.2, 0.25) is 0 Å². The highest BCUT2D eigenvalue weighted by molar-refractivity contribution is 4.76. The van der Waals surface area contributed by atoms with Crippen molar-refractivity contribution in [3.05, 3.63) is 0 Å². The molecule has 0 saturated carbocycles. The van der Waals surface area contributed by atoms with Crippen LogP contribution in [0.3, 0.4) is 0 Å². The fourth-order valence-corrected chi connectivity index (χ4v) is 4.27. The first-order valence-corrected chi connectivity index (χ1v) is 17.2. The van der Waals surface area contributed by atoms with Crippen LogP contribution in [0.15, 0.2) is 0 Å². The topological polar surface area (TPSA) is 27.7 Å². The van der Waals surface area contributed by atoms with Gasteiger partial charge in [0.05, 0.1) is 24.4 Å². The molecular weight excluding hydrogens is 516 g/mol. The Morgan fingerprint density at radius 3 is 0.881 bits per heavy atom. The van der Waals surface area contributed by atoms with Crippen molar-refractivity contribution in [2.24, 2.45) is 51.2 Å². The monoisotopic (exact) mass is 603 g/mol. The fraction of sp³-hybridized carbons (Fsp3) is 1.00. The van der Waals surface area contributed by atoms with E-state index in [9.17, 15) is 0 Å². The largest absolute Gasteiger partial charge is 0.381 e. The third-order valence-corrected chi connectivity index (χ3v) is 9.86. The van der Waals surface area contributed by atoms with Crippen molar-refractivity contribution in [2.45, 2.75) is 191 Å². The van der Waals surface area contributed by atoms with E-state index in [1.807, 2.05) is 6.92 Å². The van der Waals surface area contributed by atoms with Crippen LogP contribution < -0.4 is 0 Å². The summed E-state index contributed by atoms with van der Waals surface area (Å²) in [4.78, 5) is 0. The van der Waals surface area contributed by atoms with Crippen molar-refractivity contribution in [1.82, 2.24) is 0 Å². The van der Waals surface area contributed by atoms with Crippen LogP contribution in [0.1, 0.15) is 166 Å². The Morgan fingerprint density at radius 1 is 0.429 bits per heavy atom. The van der Waals surface area contributed by atoms with Crippen molar-refractivity contribution in [2.75, 3.05) is 13.7 Å². The van der Waals surface area contributed by atoms with Gasteiger partial charge in [-0.05, 0) is 92.8 Å². The fourth-order valence-electron chi connectivity index (χ4n) is 4.27. The van der Waals surface area contributed by atoms with E-state index < -0.39 is 0 Å². The summed E-state index contributed by atoms with van der Waals surface area (Å²) in [6, 6.07) is 0. The van der Waals surface area contributed by atoms with Crippen molar-refractivity contribution < 1.29 is 14.2 Å². The van der Waals surface area contributed by atoms with Gasteiger partial charge < -0.3 is 14.2 Å². The molecule has 42 heavy (non-hydrogen) atoms. The van der Waals surface area contributed by atoms with Gasteiger partial charge in [-0.25, -0.2) is 0 Å². The zero-order chi connectivity index (χ0) is 35.0. The SMILES string of the molecule is CC(C)O[C@@H](C)[C@H](C)C(C)(C)C.CC(C)[C@H](C)C(C)(C)C.CCO[C@H](C)[C@H](C)C(C)(C)C.CO[C@H](C)[C@H](C)C(C)(C)C. The van der Waals surface area contributed by atoms with E-state index in [0.29, 0.717) is 63.8 Å². The van der Waals surface area contributed by atoms with E-state index in [4.69, 9.17) is 14.2 Å². The molecule has 3 nitrogen and oxygen atoms in total. The molecule has 0 spiro atoms. The molecule has 0 aliphatic rings. The van der Waals surface area contributed by atoms with E-state index in [1.54, 1.807) is 7.11 Å². The van der Waals surface area contributed by atoms with Crippen LogP contribution >= 0.6 is 0 Å². The van der Waals surface area contributed by atoms with Crippen LogP contribution in [0.25, 0.3) is 0 Å². The van der Waals surface area contributed by atoms with Gasteiger partial charge in [-0.2, -0.15) is 0 Å². The van der Waals surface area contributed by atoms with Crippen molar-refractivity contribution in [1.29, 1.82) is 0 Å². The van der Waals surface area contributed by atoms with E-state index in [-0.39, 0.29) is 0 Å². The maximum atomic E-state index is 5.74. The van der Waals surface area contributed by atoms with Gasteiger partial charge in [0, 0.05) is 13.7 Å². The van der Waals surface area contributed by atoms with Crippen molar-refractivity contribution >= 4 is 0 Å². The predicted molar refractivity (Wildman–Crippen MR) is 193 cm³/mol. The quantitative estimate of drug-likeness (QED) is 0.263. The number of ether oxygens (including phenoxy) is 3. The lowest BCUT2D eigenvalue weighted by Gasteiger charge is -2.33. The van der Waals surface area contributed by atoms with E-state index in [2.05, 4.69) is 159 Å². The minimum absolute atomic E-state index is 0.338. The Balaban J connectivity index is -0.000000230. The molecule has 0 fully saturated rings. The summed E-state index contributed by atoms with van der Waals surface area (Å²) in [6.07, 6.45) is 1.43. The lowest BCUT2D eigenvalue weighted by molar-refractivity contribution is -0.0383. The number of hydrogen-bond donors (Lipinski definition) is 0. The third-order valence-electron chi connectivity index (χ3n) is 9.86. The van der Waals surface area contributed by atoms with Gasteiger partial charge in [0.1, 0.15) is 0 Å².